The van der Waals surface area contributed by atoms with E-state index in [0.717, 1.165) is 5.56 Å². The van der Waals surface area contributed by atoms with E-state index in [1.165, 1.54) is 5.01 Å². The van der Waals surface area contributed by atoms with Crippen molar-refractivity contribution in [2.45, 2.75) is 32.2 Å². The molecule has 2 aromatic carbocycles. The molecule has 1 heterocycles. The van der Waals surface area contributed by atoms with Crippen molar-refractivity contribution >= 4 is 29.2 Å². The van der Waals surface area contributed by atoms with Crippen LogP contribution >= 0.6 is 11.6 Å². The third-order valence-corrected chi connectivity index (χ3v) is 4.78. The molecule has 140 valence electrons. The van der Waals surface area contributed by atoms with Gasteiger partial charge in [-0.1, -0.05) is 47.5 Å². The average Bonchev–Trinajstić information content (AvgIpc) is 3.07. The molecule has 7 heteroatoms. The average molecular weight is 387 g/mol. The molecule has 0 bridgehead atoms. The fourth-order valence-corrected chi connectivity index (χ4v) is 3.35. The number of carboxylic acids is 1. The Bertz CT molecular complexity index is 926. The van der Waals surface area contributed by atoms with Crippen LogP contribution < -0.4 is 0 Å². The van der Waals surface area contributed by atoms with Crippen LogP contribution in [0.3, 0.4) is 0 Å². The molecule has 1 amide bonds. The summed E-state index contributed by atoms with van der Waals surface area (Å²) in [5, 5.41) is 25.4. The number of aromatic hydroxyl groups is 1. The molecule has 0 aromatic heterocycles. The lowest BCUT2D eigenvalue weighted by Crippen LogP contribution is -2.27. The molecule has 2 N–H and O–H groups in total. The van der Waals surface area contributed by atoms with Crippen LogP contribution in [0.15, 0.2) is 47.6 Å². The molecule has 0 saturated heterocycles. The van der Waals surface area contributed by atoms with Crippen molar-refractivity contribution in [3.63, 3.8) is 0 Å². The summed E-state index contributed by atoms with van der Waals surface area (Å²) < 4.78 is 0. The van der Waals surface area contributed by atoms with Gasteiger partial charge in [0.05, 0.1) is 18.2 Å². The first-order valence-corrected chi connectivity index (χ1v) is 8.90. The first-order valence-electron chi connectivity index (χ1n) is 8.52. The number of aliphatic carboxylic acids is 1. The van der Waals surface area contributed by atoms with E-state index >= 15 is 0 Å². The number of carboxylic acid groups (broad SMARTS) is 1. The number of carbonyl (C=O) groups excluding carboxylic acids is 1. The number of hydrogen-bond acceptors (Lipinski definition) is 4. The summed E-state index contributed by atoms with van der Waals surface area (Å²) in [6.07, 6.45) is -0.0733. The molecule has 27 heavy (non-hydrogen) atoms. The molecule has 0 aliphatic carbocycles. The number of benzene rings is 2. The predicted molar refractivity (Wildman–Crippen MR) is 102 cm³/mol. The van der Waals surface area contributed by atoms with Crippen LogP contribution in [0.2, 0.25) is 5.02 Å². The molecule has 1 atom stereocenters. The highest BCUT2D eigenvalue weighted by Crippen LogP contribution is 2.38. The molecule has 2 aromatic rings. The molecule has 1 aliphatic rings. The van der Waals surface area contributed by atoms with E-state index in [0.29, 0.717) is 28.3 Å². The van der Waals surface area contributed by atoms with Crippen molar-refractivity contribution in [2.75, 3.05) is 0 Å². The van der Waals surface area contributed by atoms with Crippen molar-refractivity contribution < 1.29 is 19.8 Å². The normalized spacial score (nSPS) is 16.3. The second-order valence-corrected chi connectivity index (χ2v) is 6.85. The minimum atomic E-state index is -1.05. The van der Waals surface area contributed by atoms with Crippen LogP contribution in [0.5, 0.6) is 5.75 Å². The third-order valence-electron chi connectivity index (χ3n) is 4.45. The Morgan fingerprint density at radius 3 is 2.67 bits per heavy atom. The highest BCUT2D eigenvalue weighted by atomic mass is 35.5. The maximum Gasteiger partial charge on any atom is 0.303 e. The van der Waals surface area contributed by atoms with Gasteiger partial charge in [-0.3, -0.25) is 9.59 Å². The number of hydrazone groups is 1. The van der Waals surface area contributed by atoms with Crippen LogP contribution in [0.25, 0.3) is 0 Å². The van der Waals surface area contributed by atoms with Gasteiger partial charge in [0.25, 0.3) is 0 Å². The zero-order chi connectivity index (χ0) is 19.6. The fourth-order valence-electron chi connectivity index (χ4n) is 3.11. The van der Waals surface area contributed by atoms with Crippen LogP contribution in [0.1, 0.15) is 42.0 Å². The van der Waals surface area contributed by atoms with Crippen molar-refractivity contribution in [2.24, 2.45) is 5.10 Å². The number of aryl methyl sites for hydroxylation is 1. The topological polar surface area (TPSA) is 90.2 Å². The Morgan fingerprint density at radius 2 is 1.96 bits per heavy atom. The summed E-state index contributed by atoms with van der Waals surface area (Å²) in [5.41, 5.74) is 2.84. The van der Waals surface area contributed by atoms with Crippen molar-refractivity contribution in [3.8, 4) is 5.75 Å². The van der Waals surface area contributed by atoms with Crippen molar-refractivity contribution in [1.29, 1.82) is 0 Å². The Kier molecular flexibility index (Phi) is 5.46. The van der Waals surface area contributed by atoms with Gasteiger partial charge in [0, 0.05) is 29.0 Å². The van der Waals surface area contributed by atoms with Gasteiger partial charge in [-0.05, 0) is 19.1 Å². The number of phenols is 1. The van der Waals surface area contributed by atoms with Gasteiger partial charge in [-0.15, -0.1) is 0 Å². The minimum absolute atomic E-state index is 0.0669. The van der Waals surface area contributed by atoms with Gasteiger partial charge >= 0.3 is 5.97 Å². The molecule has 0 saturated carbocycles. The Morgan fingerprint density at radius 1 is 1.22 bits per heavy atom. The van der Waals surface area contributed by atoms with Gasteiger partial charge in [-0.25, -0.2) is 5.01 Å². The molecule has 0 unspecified atom stereocenters. The first kappa shape index (κ1) is 18.9. The largest absolute Gasteiger partial charge is 0.508 e. The summed E-state index contributed by atoms with van der Waals surface area (Å²) in [5.74, 6) is -1.39. The van der Waals surface area contributed by atoms with E-state index in [1.54, 1.807) is 24.3 Å². The molecule has 1 aliphatic heterocycles. The molecule has 3 rings (SSSR count). The van der Waals surface area contributed by atoms with Crippen LogP contribution in [0, 0.1) is 6.92 Å². The Balaban J connectivity index is 1.99. The van der Waals surface area contributed by atoms with E-state index in [4.69, 9.17) is 16.7 Å². The van der Waals surface area contributed by atoms with Gasteiger partial charge in [-0.2, -0.15) is 5.10 Å². The standard InChI is InChI=1S/C20H19ClN2O4/c1-12-6-7-18(24)14(10-12)17-11-16(13-4-2-3-5-15(13)21)22-23(17)19(25)8-9-20(26)27/h2-7,10,17,24H,8-9,11H2,1H3,(H,26,27)/t17-/m1/s1. The van der Waals surface area contributed by atoms with Crippen molar-refractivity contribution in [3.05, 3.63) is 64.2 Å². The zero-order valence-corrected chi connectivity index (χ0v) is 15.5. The Labute approximate surface area is 161 Å². The number of hydrogen-bond donors (Lipinski definition) is 2. The smallest absolute Gasteiger partial charge is 0.303 e. The van der Waals surface area contributed by atoms with E-state index in [9.17, 15) is 14.7 Å². The predicted octanol–water partition coefficient (Wildman–Crippen LogP) is 3.90. The molecule has 6 nitrogen and oxygen atoms in total. The van der Waals surface area contributed by atoms with Gasteiger partial charge in [0.1, 0.15) is 5.75 Å². The summed E-state index contributed by atoms with van der Waals surface area (Å²) in [7, 11) is 0. The lowest BCUT2D eigenvalue weighted by molar-refractivity contribution is -0.141. The monoisotopic (exact) mass is 386 g/mol. The van der Waals surface area contributed by atoms with E-state index < -0.39 is 17.9 Å². The third kappa shape index (κ3) is 4.11. The summed E-state index contributed by atoms with van der Waals surface area (Å²) in [6.45, 7) is 1.89. The first-order chi connectivity index (χ1) is 12.9. The highest BCUT2D eigenvalue weighted by Gasteiger charge is 2.35. The number of carbonyl (C=O) groups is 2. The van der Waals surface area contributed by atoms with E-state index in [1.807, 2.05) is 25.1 Å². The molecule has 0 radical (unpaired) electrons. The number of halogens is 1. The Hall–Kier alpha value is -2.86. The lowest BCUT2D eigenvalue weighted by Gasteiger charge is -2.23. The van der Waals surface area contributed by atoms with E-state index in [-0.39, 0.29) is 18.6 Å². The van der Waals surface area contributed by atoms with Gasteiger partial charge in [0.2, 0.25) is 5.91 Å². The molecular formula is C20H19ClN2O4. The SMILES string of the molecule is Cc1ccc(O)c([C@H]2CC(c3ccccc3Cl)=NN2C(=O)CCC(=O)O)c1. The molecular weight excluding hydrogens is 368 g/mol. The van der Waals surface area contributed by atoms with Crippen molar-refractivity contribution in [1.82, 2.24) is 5.01 Å². The lowest BCUT2D eigenvalue weighted by atomic mass is 9.96. The fraction of sp³-hybridized carbons (Fsp3) is 0.250. The number of amides is 1. The highest BCUT2D eigenvalue weighted by molar-refractivity contribution is 6.34. The molecule has 0 fully saturated rings. The maximum absolute atomic E-state index is 12.6. The summed E-state index contributed by atoms with van der Waals surface area (Å²) in [6, 6.07) is 11.9. The summed E-state index contributed by atoms with van der Waals surface area (Å²) in [4.78, 5) is 23.5. The van der Waals surface area contributed by atoms with Gasteiger partial charge in [0.15, 0.2) is 0 Å². The minimum Gasteiger partial charge on any atom is -0.508 e. The summed E-state index contributed by atoms with van der Waals surface area (Å²) >= 11 is 6.27. The van der Waals surface area contributed by atoms with E-state index in [2.05, 4.69) is 5.10 Å². The molecule has 0 spiro atoms. The number of rotatable bonds is 5. The van der Waals surface area contributed by atoms with Crippen LogP contribution in [-0.4, -0.2) is 32.8 Å². The number of phenolic OH excluding ortho intramolecular Hbond substituents is 1. The second-order valence-electron chi connectivity index (χ2n) is 6.44. The van der Waals surface area contributed by atoms with Gasteiger partial charge < -0.3 is 10.2 Å². The van der Waals surface area contributed by atoms with Crippen LogP contribution in [0.4, 0.5) is 0 Å². The quantitative estimate of drug-likeness (QED) is 0.815. The number of nitrogens with zero attached hydrogens (tertiary/aromatic N) is 2. The van der Waals surface area contributed by atoms with Crippen LogP contribution in [-0.2, 0) is 9.59 Å². The second kappa shape index (κ2) is 7.80. The maximum atomic E-state index is 12.6. The zero-order valence-electron chi connectivity index (χ0n) is 14.7.